The van der Waals surface area contributed by atoms with Crippen LogP contribution in [0.2, 0.25) is 0 Å². The van der Waals surface area contributed by atoms with E-state index >= 15 is 0 Å². The molecule has 0 amide bonds. The number of hydrogen-bond donors (Lipinski definition) is 3. The van der Waals surface area contributed by atoms with Crippen molar-refractivity contribution in [3.63, 3.8) is 0 Å². The molecule has 0 bridgehead atoms. The Kier molecular flexibility index (Phi) is 4.34. The summed E-state index contributed by atoms with van der Waals surface area (Å²) in [6.45, 7) is 6.07. The maximum Gasteiger partial charge on any atom is 0.281 e. The van der Waals surface area contributed by atoms with Gasteiger partial charge in [-0.05, 0) is 45.0 Å². The first-order valence-electron chi connectivity index (χ1n) is 6.64. The molecule has 1 aromatic heterocycles. The molecule has 21 heavy (non-hydrogen) atoms. The lowest BCUT2D eigenvalue weighted by Gasteiger charge is -2.12. The Morgan fingerprint density at radius 2 is 1.95 bits per heavy atom. The summed E-state index contributed by atoms with van der Waals surface area (Å²) in [4.78, 5) is 0. The zero-order valence-electron chi connectivity index (χ0n) is 12.6. The van der Waals surface area contributed by atoms with Crippen LogP contribution in [0.4, 0.5) is 5.69 Å². The number of aromatic nitrogens is 2. The summed E-state index contributed by atoms with van der Waals surface area (Å²) in [7, 11) is -1.95. The van der Waals surface area contributed by atoms with Crippen molar-refractivity contribution in [3.8, 4) is 0 Å². The van der Waals surface area contributed by atoms with Crippen LogP contribution in [-0.4, -0.2) is 25.7 Å². The molecule has 0 aliphatic rings. The Balaban J connectivity index is 2.41. The summed E-state index contributed by atoms with van der Waals surface area (Å²) in [6.07, 6.45) is 0. The van der Waals surface area contributed by atoms with Crippen LogP contribution in [0.25, 0.3) is 0 Å². The second-order valence-corrected chi connectivity index (χ2v) is 6.61. The Labute approximate surface area is 125 Å². The van der Waals surface area contributed by atoms with E-state index in [0.717, 1.165) is 16.8 Å². The quantitative estimate of drug-likeness (QED) is 0.787. The van der Waals surface area contributed by atoms with E-state index in [9.17, 15) is 8.42 Å². The summed E-state index contributed by atoms with van der Waals surface area (Å²) < 4.78 is 27.7. The van der Waals surface area contributed by atoms with Crippen molar-refractivity contribution in [1.29, 1.82) is 0 Å². The van der Waals surface area contributed by atoms with Crippen LogP contribution in [0.1, 0.15) is 22.4 Å². The third-order valence-corrected chi connectivity index (χ3v) is 4.83. The van der Waals surface area contributed by atoms with Gasteiger partial charge in [-0.2, -0.15) is 13.5 Å². The minimum Gasteiger partial charge on any atom is -0.316 e. The van der Waals surface area contributed by atoms with Crippen molar-refractivity contribution in [3.05, 3.63) is 40.6 Å². The lowest BCUT2D eigenvalue weighted by molar-refractivity contribution is 0.595. The van der Waals surface area contributed by atoms with Gasteiger partial charge >= 0.3 is 0 Å². The molecule has 0 saturated carbocycles. The van der Waals surface area contributed by atoms with Gasteiger partial charge in [-0.3, -0.25) is 9.82 Å². The molecule has 0 aliphatic carbocycles. The predicted octanol–water partition coefficient (Wildman–Crippen LogP) is 1.86. The number of sulfonamides is 1. The fourth-order valence-electron chi connectivity index (χ4n) is 2.09. The first kappa shape index (κ1) is 15.5. The van der Waals surface area contributed by atoms with E-state index in [0.29, 0.717) is 17.8 Å². The van der Waals surface area contributed by atoms with Gasteiger partial charge in [-0.25, -0.2) is 0 Å². The van der Waals surface area contributed by atoms with Crippen LogP contribution < -0.4 is 10.0 Å². The van der Waals surface area contributed by atoms with E-state index in [1.165, 1.54) is 0 Å². The van der Waals surface area contributed by atoms with Gasteiger partial charge in [0.2, 0.25) is 5.03 Å². The number of benzene rings is 1. The van der Waals surface area contributed by atoms with Crippen LogP contribution in [0.5, 0.6) is 0 Å². The molecule has 6 nitrogen and oxygen atoms in total. The Bertz CT molecular complexity index is 750. The van der Waals surface area contributed by atoms with Gasteiger partial charge in [-0.15, -0.1) is 0 Å². The van der Waals surface area contributed by atoms with Crippen molar-refractivity contribution in [2.24, 2.45) is 0 Å². The molecule has 0 spiro atoms. The van der Waals surface area contributed by atoms with Crippen molar-refractivity contribution in [2.75, 3.05) is 11.8 Å². The van der Waals surface area contributed by atoms with Gasteiger partial charge in [0.15, 0.2) is 0 Å². The second kappa shape index (κ2) is 5.87. The van der Waals surface area contributed by atoms with Crippen molar-refractivity contribution < 1.29 is 8.42 Å². The van der Waals surface area contributed by atoms with E-state index in [2.05, 4.69) is 20.2 Å². The topological polar surface area (TPSA) is 86.9 Å². The molecule has 0 atom stereocenters. The molecular formula is C14H20N4O2S. The number of nitrogens with zero attached hydrogens (tertiary/aromatic N) is 1. The maximum absolute atomic E-state index is 12.6. The van der Waals surface area contributed by atoms with Gasteiger partial charge in [-0.1, -0.05) is 12.1 Å². The van der Waals surface area contributed by atoms with E-state index < -0.39 is 10.0 Å². The third kappa shape index (κ3) is 3.08. The largest absolute Gasteiger partial charge is 0.316 e. The van der Waals surface area contributed by atoms with Gasteiger partial charge in [0.25, 0.3) is 10.0 Å². The average Bonchev–Trinajstić information content (AvgIpc) is 2.78. The summed E-state index contributed by atoms with van der Waals surface area (Å²) in [5.74, 6) is 0. The highest BCUT2D eigenvalue weighted by Gasteiger charge is 2.24. The second-order valence-electron chi connectivity index (χ2n) is 5.02. The number of aromatic amines is 1. The maximum atomic E-state index is 12.6. The van der Waals surface area contributed by atoms with Crippen molar-refractivity contribution in [1.82, 2.24) is 15.5 Å². The molecule has 7 heteroatoms. The number of aryl methyl sites for hydroxylation is 2. The zero-order chi connectivity index (χ0) is 15.6. The molecule has 0 saturated heterocycles. The standard InChI is InChI=1S/C14H20N4O2S/c1-9-6-5-7-13(10(9)2)18-21(19,20)14-12(8-15-4)11(3)16-17-14/h5-7,15,18H,8H2,1-4H3,(H,16,17). The molecule has 2 rings (SSSR count). The predicted molar refractivity (Wildman–Crippen MR) is 82.8 cm³/mol. The zero-order valence-corrected chi connectivity index (χ0v) is 13.4. The molecular weight excluding hydrogens is 288 g/mol. The SMILES string of the molecule is CNCc1c(S(=O)(=O)Nc2cccc(C)c2C)n[nH]c1C. The number of anilines is 1. The summed E-state index contributed by atoms with van der Waals surface area (Å²) in [5.41, 5.74) is 3.90. The monoisotopic (exact) mass is 308 g/mol. The summed E-state index contributed by atoms with van der Waals surface area (Å²) in [6, 6.07) is 5.51. The van der Waals surface area contributed by atoms with Crippen LogP contribution >= 0.6 is 0 Å². The van der Waals surface area contributed by atoms with Crippen LogP contribution in [-0.2, 0) is 16.6 Å². The first-order chi connectivity index (χ1) is 9.86. The van der Waals surface area contributed by atoms with Crippen molar-refractivity contribution in [2.45, 2.75) is 32.3 Å². The number of nitrogens with one attached hydrogen (secondary N) is 3. The summed E-state index contributed by atoms with van der Waals surface area (Å²) >= 11 is 0. The Morgan fingerprint density at radius 1 is 1.24 bits per heavy atom. The Morgan fingerprint density at radius 3 is 2.62 bits per heavy atom. The van der Waals surface area contributed by atoms with E-state index in [-0.39, 0.29) is 5.03 Å². The molecule has 0 unspecified atom stereocenters. The first-order valence-corrected chi connectivity index (χ1v) is 8.12. The van der Waals surface area contributed by atoms with E-state index in [1.807, 2.05) is 26.0 Å². The number of hydrogen-bond acceptors (Lipinski definition) is 4. The van der Waals surface area contributed by atoms with Gasteiger partial charge in [0.05, 0.1) is 5.69 Å². The van der Waals surface area contributed by atoms with Gasteiger partial charge in [0, 0.05) is 17.8 Å². The smallest absolute Gasteiger partial charge is 0.281 e. The fourth-order valence-corrected chi connectivity index (χ4v) is 3.41. The molecule has 0 radical (unpaired) electrons. The third-order valence-electron chi connectivity index (χ3n) is 3.49. The van der Waals surface area contributed by atoms with Gasteiger partial charge < -0.3 is 5.32 Å². The molecule has 1 heterocycles. The molecule has 0 fully saturated rings. The lowest BCUT2D eigenvalue weighted by atomic mass is 10.1. The van der Waals surface area contributed by atoms with Crippen LogP contribution in [0.15, 0.2) is 23.2 Å². The van der Waals surface area contributed by atoms with E-state index in [1.54, 1.807) is 20.0 Å². The highest BCUT2D eigenvalue weighted by atomic mass is 32.2. The average molecular weight is 308 g/mol. The van der Waals surface area contributed by atoms with Crippen molar-refractivity contribution >= 4 is 15.7 Å². The van der Waals surface area contributed by atoms with Crippen LogP contribution in [0.3, 0.4) is 0 Å². The Hall–Kier alpha value is -1.86. The minimum atomic E-state index is -3.72. The molecule has 3 N–H and O–H groups in total. The fraction of sp³-hybridized carbons (Fsp3) is 0.357. The molecule has 114 valence electrons. The molecule has 2 aromatic rings. The summed E-state index contributed by atoms with van der Waals surface area (Å²) in [5, 5.41) is 9.66. The molecule has 0 aliphatic heterocycles. The minimum absolute atomic E-state index is 0.0373. The number of H-pyrrole nitrogens is 1. The lowest BCUT2D eigenvalue weighted by Crippen LogP contribution is -2.18. The number of rotatable bonds is 5. The highest BCUT2D eigenvalue weighted by molar-refractivity contribution is 7.92. The van der Waals surface area contributed by atoms with Crippen LogP contribution in [0, 0.1) is 20.8 Å². The highest BCUT2D eigenvalue weighted by Crippen LogP contribution is 2.23. The molecule has 1 aromatic carbocycles. The van der Waals surface area contributed by atoms with Gasteiger partial charge in [0.1, 0.15) is 0 Å². The van der Waals surface area contributed by atoms with E-state index in [4.69, 9.17) is 0 Å². The normalized spacial score (nSPS) is 11.6.